The summed E-state index contributed by atoms with van der Waals surface area (Å²) >= 11 is 10.9. The van der Waals surface area contributed by atoms with Gasteiger partial charge in [0.1, 0.15) is 5.02 Å². The fraction of sp³-hybridized carbons (Fsp3) is 0.125. The van der Waals surface area contributed by atoms with Crippen LogP contribution in [0.15, 0.2) is 53.6 Å². The molecular formula is C16H15ClN4O2S. The number of nitrogens with zero attached hydrogens (tertiary/aromatic N) is 2. The van der Waals surface area contributed by atoms with E-state index in [-0.39, 0.29) is 10.7 Å². The number of rotatable bonds is 5. The molecule has 0 radical (unpaired) electrons. The first kappa shape index (κ1) is 17.8. The number of halogens is 1. The predicted molar refractivity (Wildman–Crippen MR) is 99.3 cm³/mol. The summed E-state index contributed by atoms with van der Waals surface area (Å²) in [5.41, 5.74) is 4.80. The van der Waals surface area contributed by atoms with Gasteiger partial charge in [-0.15, -0.1) is 0 Å². The molecule has 0 saturated carbocycles. The van der Waals surface area contributed by atoms with Crippen molar-refractivity contribution in [2.24, 2.45) is 5.10 Å². The molecule has 0 amide bonds. The van der Waals surface area contributed by atoms with Crippen LogP contribution in [-0.4, -0.2) is 15.7 Å². The molecule has 2 aromatic rings. The highest BCUT2D eigenvalue weighted by atomic mass is 35.5. The van der Waals surface area contributed by atoms with E-state index >= 15 is 0 Å². The Hall–Kier alpha value is -2.51. The molecule has 24 heavy (non-hydrogen) atoms. The quantitative estimate of drug-likeness (QED) is 0.367. The molecule has 0 atom stereocenters. The molecular weight excluding hydrogens is 348 g/mol. The molecule has 8 heteroatoms. The van der Waals surface area contributed by atoms with Gasteiger partial charge >= 0.3 is 0 Å². The molecule has 0 unspecified atom stereocenters. The van der Waals surface area contributed by atoms with Gasteiger partial charge in [0.15, 0.2) is 5.11 Å². The maximum absolute atomic E-state index is 10.9. The minimum atomic E-state index is -0.529. The molecule has 0 aliphatic carbocycles. The summed E-state index contributed by atoms with van der Waals surface area (Å²) in [5.74, 6) is 0. The number of nitrogens with one attached hydrogen (secondary N) is 2. The lowest BCUT2D eigenvalue weighted by molar-refractivity contribution is -0.384. The molecule has 2 aromatic carbocycles. The topological polar surface area (TPSA) is 79.6 Å². The van der Waals surface area contributed by atoms with E-state index in [4.69, 9.17) is 23.8 Å². The van der Waals surface area contributed by atoms with Crippen molar-refractivity contribution in [3.05, 3.63) is 74.8 Å². The third-order valence-electron chi connectivity index (χ3n) is 3.18. The number of nitro benzene ring substituents is 1. The lowest BCUT2D eigenvalue weighted by Crippen LogP contribution is -2.32. The van der Waals surface area contributed by atoms with E-state index in [2.05, 4.69) is 15.8 Å². The van der Waals surface area contributed by atoms with Crippen molar-refractivity contribution in [3.63, 3.8) is 0 Å². The van der Waals surface area contributed by atoms with Crippen molar-refractivity contribution >= 4 is 40.3 Å². The van der Waals surface area contributed by atoms with Crippen LogP contribution in [0.2, 0.25) is 5.02 Å². The standard InChI is InChI=1S/C16H15ClN4O2S/c1-11(13-7-8-14(17)15(9-13)21(22)23)19-20-16(24)18-10-12-5-3-2-4-6-12/h2-9H,10H2,1H3,(H2,18,20,24)/b19-11+. The van der Waals surface area contributed by atoms with Gasteiger partial charge in [-0.05, 0) is 30.8 Å². The van der Waals surface area contributed by atoms with Gasteiger partial charge < -0.3 is 5.32 Å². The lowest BCUT2D eigenvalue weighted by Gasteiger charge is -2.08. The molecule has 0 aromatic heterocycles. The van der Waals surface area contributed by atoms with Crippen LogP contribution in [0.5, 0.6) is 0 Å². The second-order valence-electron chi connectivity index (χ2n) is 4.90. The largest absolute Gasteiger partial charge is 0.357 e. The average molecular weight is 363 g/mol. The molecule has 0 aliphatic rings. The Bertz CT molecular complexity index is 781. The van der Waals surface area contributed by atoms with E-state index in [1.54, 1.807) is 13.0 Å². The maximum Gasteiger partial charge on any atom is 0.288 e. The third kappa shape index (κ3) is 5.00. The number of hydrazone groups is 1. The Balaban J connectivity index is 1.97. The van der Waals surface area contributed by atoms with E-state index in [0.29, 0.717) is 22.9 Å². The monoisotopic (exact) mass is 362 g/mol. The third-order valence-corrected chi connectivity index (χ3v) is 3.74. The highest BCUT2D eigenvalue weighted by Gasteiger charge is 2.13. The number of nitro groups is 1. The van der Waals surface area contributed by atoms with Crippen molar-refractivity contribution in [2.45, 2.75) is 13.5 Å². The number of hydrogen-bond acceptors (Lipinski definition) is 4. The molecule has 2 rings (SSSR count). The summed E-state index contributed by atoms with van der Waals surface area (Å²) in [5, 5.41) is 18.5. The molecule has 0 aliphatic heterocycles. The van der Waals surface area contributed by atoms with Crippen molar-refractivity contribution in [1.29, 1.82) is 0 Å². The highest BCUT2D eigenvalue weighted by Crippen LogP contribution is 2.25. The predicted octanol–water partition coefficient (Wildman–Crippen LogP) is 3.64. The van der Waals surface area contributed by atoms with Crippen molar-refractivity contribution < 1.29 is 4.92 Å². The zero-order valence-corrected chi connectivity index (χ0v) is 14.4. The normalized spacial score (nSPS) is 11.0. The van der Waals surface area contributed by atoms with Crippen LogP contribution in [-0.2, 0) is 6.54 Å². The first-order valence-corrected chi connectivity index (χ1v) is 7.82. The average Bonchev–Trinajstić information content (AvgIpc) is 2.59. The van der Waals surface area contributed by atoms with E-state index in [0.717, 1.165) is 5.56 Å². The zero-order valence-electron chi connectivity index (χ0n) is 12.8. The minimum Gasteiger partial charge on any atom is -0.357 e. The molecule has 0 heterocycles. The first-order chi connectivity index (χ1) is 11.5. The second-order valence-corrected chi connectivity index (χ2v) is 5.72. The smallest absolute Gasteiger partial charge is 0.288 e. The Morgan fingerprint density at radius 2 is 2.00 bits per heavy atom. The van der Waals surface area contributed by atoms with E-state index in [9.17, 15) is 10.1 Å². The van der Waals surface area contributed by atoms with Gasteiger partial charge in [0.05, 0.1) is 10.6 Å². The van der Waals surface area contributed by atoms with Crippen LogP contribution in [0, 0.1) is 10.1 Å². The van der Waals surface area contributed by atoms with Gasteiger partial charge in [-0.25, -0.2) is 0 Å². The summed E-state index contributed by atoms with van der Waals surface area (Å²) in [6.45, 7) is 2.30. The van der Waals surface area contributed by atoms with Gasteiger partial charge in [0.2, 0.25) is 0 Å². The van der Waals surface area contributed by atoms with Crippen molar-refractivity contribution in [2.75, 3.05) is 0 Å². The van der Waals surface area contributed by atoms with Crippen LogP contribution in [0.4, 0.5) is 5.69 Å². The molecule has 0 spiro atoms. The van der Waals surface area contributed by atoms with Crippen LogP contribution < -0.4 is 10.7 Å². The summed E-state index contributed by atoms with van der Waals surface area (Å²) in [6, 6.07) is 14.3. The van der Waals surface area contributed by atoms with Crippen LogP contribution >= 0.6 is 23.8 Å². The fourth-order valence-corrected chi connectivity index (χ4v) is 2.20. The fourth-order valence-electron chi connectivity index (χ4n) is 1.89. The maximum atomic E-state index is 10.9. The second kappa shape index (κ2) is 8.37. The highest BCUT2D eigenvalue weighted by molar-refractivity contribution is 7.80. The Morgan fingerprint density at radius 3 is 2.67 bits per heavy atom. The SMILES string of the molecule is C/C(=N\NC(=S)NCc1ccccc1)c1ccc(Cl)c([N+](=O)[O-])c1. The summed E-state index contributed by atoms with van der Waals surface area (Å²) in [7, 11) is 0. The van der Waals surface area contributed by atoms with Gasteiger partial charge in [-0.2, -0.15) is 5.10 Å². The van der Waals surface area contributed by atoms with Crippen molar-refractivity contribution in [1.82, 2.24) is 10.7 Å². The molecule has 0 bridgehead atoms. The molecule has 6 nitrogen and oxygen atoms in total. The Morgan fingerprint density at radius 1 is 1.29 bits per heavy atom. The van der Waals surface area contributed by atoms with E-state index in [1.807, 2.05) is 30.3 Å². The van der Waals surface area contributed by atoms with Gasteiger partial charge in [-0.1, -0.05) is 48.0 Å². The van der Waals surface area contributed by atoms with Crippen LogP contribution in [0.3, 0.4) is 0 Å². The summed E-state index contributed by atoms with van der Waals surface area (Å²) in [4.78, 5) is 10.4. The Labute approximate surface area is 149 Å². The van der Waals surface area contributed by atoms with Crippen LogP contribution in [0.25, 0.3) is 0 Å². The minimum absolute atomic E-state index is 0.0876. The van der Waals surface area contributed by atoms with Gasteiger partial charge in [0.25, 0.3) is 5.69 Å². The van der Waals surface area contributed by atoms with Gasteiger partial charge in [-0.3, -0.25) is 15.5 Å². The number of thiocarbonyl (C=S) groups is 1. The number of hydrogen-bond donors (Lipinski definition) is 2. The first-order valence-electron chi connectivity index (χ1n) is 7.03. The summed E-state index contributed by atoms with van der Waals surface area (Å²) < 4.78 is 0. The Kier molecular flexibility index (Phi) is 6.22. The van der Waals surface area contributed by atoms with Gasteiger partial charge in [0, 0.05) is 18.2 Å². The number of benzene rings is 2. The molecule has 124 valence electrons. The zero-order chi connectivity index (χ0) is 17.5. The van der Waals surface area contributed by atoms with E-state index < -0.39 is 4.92 Å². The molecule has 0 fully saturated rings. The van der Waals surface area contributed by atoms with Crippen LogP contribution in [0.1, 0.15) is 18.1 Å². The molecule has 0 saturated heterocycles. The molecule has 2 N–H and O–H groups in total. The van der Waals surface area contributed by atoms with Crippen molar-refractivity contribution in [3.8, 4) is 0 Å². The lowest BCUT2D eigenvalue weighted by atomic mass is 10.1. The summed E-state index contributed by atoms with van der Waals surface area (Å²) in [6.07, 6.45) is 0. The van der Waals surface area contributed by atoms with E-state index in [1.165, 1.54) is 12.1 Å².